The Hall–Kier alpha value is -0.240. The van der Waals surface area contributed by atoms with Gasteiger partial charge >= 0.3 is 0 Å². The molecule has 1 saturated heterocycles. The minimum atomic E-state index is -1.49. The molecule has 0 spiro atoms. The minimum absolute atomic E-state index is 0.346. The lowest BCUT2D eigenvalue weighted by Gasteiger charge is -2.27. The summed E-state index contributed by atoms with van der Waals surface area (Å²) in [5.74, 6) is 0. The summed E-state index contributed by atoms with van der Waals surface area (Å²) in [5.41, 5.74) is 0. The molecule has 0 saturated carbocycles. The van der Waals surface area contributed by atoms with Crippen LogP contribution in [0.15, 0.2) is 0 Å². The van der Waals surface area contributed by atoms with Crippen molar-refractivity contribution in [3.8, 4) is 0 Å². The zero-order chi connectivity index (χ0) is 10.7. The average molecular weight is 208 g/mol. The van der Waals surface area contributed by atoms with Gasteiger partial charge in [-0.2, -0.15) is 0 Å². The molecule has 0 aromatic carbocycles. The molecule has 1 aliphatic rings. The van der Waals surface area contributed by atoms with Gasteiger partial charge in [-0.3, -0.25) is 0 Å². The second-order valence-corrected chi connectivity index (χ2v) is 3.32. The Kier molecular flexibility index (Phi) is 4.24. The maximum absolute atomic E-state index is 9.47. The van der Waals surface area contributed by atoms with Crippen molar-refractivity contribution in [1.29, 1.82) is 0 Å². The quantitative estimate of drug-likeness (QED) is 0.419. The van der Waals surface area contributed by atoms with Crippen molar-refractivity contribution in [2.24, 2.45) is 0 Å². The molecule has 0 amide bonds. The van der Waals surface area contributed by atoms with Crippen LogP contribution >= 0.6 is 0 Å². The largest absolute Gasteiger partial charge is 0.391 e. The maximum atomic E-state index is 9.47. The van der Waals surface area contributed by atoms with Crippen LogP contribution < -0.4 is 0 Å². The van der Waals surface area contributed by atoms with Gasteiger partial charge in [0.15, 0.2) is 6.29 Å². The van der Waals surface area contributed by atoms with Crippen LogP contribution in [0.2, 0.25) is 0 Å². The first-order valence-electron chi connectivity index (χ1n) is 4.49. The fraction of sp³-hybridized carbons (Fsp3) is 1.00. The predicted octanol–water partition coefficient (Wildman–Crippen LogP) is -2.18. The van der Waals surface area contributed by atoms with Gasteiger partial charge in [0.2, 0.25) is 0 Å². The lowest BCUT2D eigenvalue weighted by atomic mass is 10.0. The molecule has 0 bridgehead atoms. The van der Waals surface area contributed by atoms with E-state index in [0.717, 1.165) is 0 Å². The summed E-state index contributed by atoms with van der Waals surface area (Å²) in [6.07, 6.45) is -6.32. The SMILES string of the molecule is C[C@H](O)[C@H](O)[C@@H](O)[C@@H](O)C1OCCO1. The number of hydrogen-bond donors (Lipinski definition) is 4. The summed E-state index contributed by atoms with van der Waals surface area (Å²) in [6.45, 7) is 2.01. The second kappa shape index (κ2) is 5.01. The van der Waals surface area contributed by atoms with Crippen molar-refractivity contribution in [2.75, 3.05) is 13.2 Å². The molecule has 0 aromatic rings. The lowest BCUT2D eigenvalue weighted by Crippen LogP contribution is -2.48. The highest BCUT2D eigenvalue weighted by molar-refractivity contribution is 4.81. The van der Waals surface area contributed by atoms with E-state index in [9.17, 15) is 15.3 Å². The number of aliphatic hydroxyl groups excluding tert-OH is 4. The summed E-state index contributed by atoms with van der Waals surface area (Å²) in [4.78, 5) is 0. The maximum Gasteiger partial charge on any atom is 0.186 e. The highest BCUT2D eigenvalue weighted by Crippen LogP contribution is 2.14. The van der Waals surface area contributed by atoms with Crippen molar-refractivity contribution >= 4 is 0 Å². The first-order chi connectivity index (χ1) is 6.54. The Morgan fingerprint density at radius 2 is 1.50 bits per heavy atom. The standard InChI is InChI=1S/C8H16O6/c1-4(9)5(10)6(11)7(12)8-13-2-3-14-8/h4-12H,2-3H2,1H3/t4-,5-,6+,7+/m0/s1. The van der Waals surface area contributed by atoms with E-state index >= 15 is 0 Å². The Balaban J connectivity index is 2.45. The van der Waals surface area contributed by atoms with E-state index in [1.807, 2.05) is 0 Å². The highest BCUT2D eigenvalue weighted by Gasteiger charge is 2.36. The molecule has 1 aliphatic heterocycles. The van der Waals surface area contributed by atoms with E-state index in [1.54, 1.807) is 0 Å². The molecular weight excluding hydrogens is 192 g/mol. The highest BCUT2D eigenvalue weighted by atomic mass is 16.7. The smallest absolute Gasteiger partial charge is 0.186 e. The topological polar surface area (TPSA) is 99.4 Å². The number of ether oxygens (including phenoxy) is 2. The zero-order valence-electron chi connectivity index (χ0n) is 7.91. The van der Waals surface area contributed by atoms with Crippen molar-refractivity contribution < 1.29 is 29.9 Å². The molecule has 1 rings (SSSR count). The van der Waals surface area contributed by atoms with Crippen LogP contribution in [0.4, 0.5) is 0 Å². The van der Waals surface area contributed by atoms with Gasteiger partial charge in [0.05, 0.1) is 19.3 Å². The third kappa shape index (κ3) is 2.63. The molecular formula is C8H16O6. The summed E-state index contributed by atoms with van der Waals surface area (Å²) in [7, 11) is 0. The first-order valence-corrected chi connectivity index (χ1v) is 4.49. The molecule has 4 atom stereocenters. The van der Waals surface area contributed by atoms with E-state index in [2.05, 4.69) is 0 Å². The second-order valence-electron chi connectivity index (χ2n) is 3.32. The molecule has 0 radical (unpaired) electrons. The molecule has 0 aliphatic carbocycles. The van der Waals surface area contributed by atoms with Gasteiger partial charge < -0.3 is 29.9 Å². The van der Waals surface area contributed by atoms with Crippen LogP contribution in [0.3, 0.4) is 0 Å². The van der Waals surface area contributed by atoms with Gasteiger partial charge in [0.25, 0.3) is 0 Å². The molecule has 1 fully saturated rings. The fourth-order valence-corrected chi connectivity index (χ4v) is 1.22. The molecule has 0 unspecified atom stereocenters. The molecule has 6 nitrogen and oxygen atoms in total. The third-order valence-electron chi connectivity index (χ3n) is 2.12. The monoisotopic (exact) mass is 208 g/mol. The van der Waals surface area contributed by atoms with Crippen LogP contribution in [0.25, 0.3) is 0 Å². The third-order valence-corrected chi connectivity index (χ3v) is 2.12. The first kappa shape index (κ1) is 11.8. The van der Waals surface area contributed by atoms with Crippen LogP contribution in [0, 0.1) is 0 Å². The van der Waals surface area contributed by atoms with Gasteiger partial charge in [0.1, 0.15) is 18.3 Å². The summed E-state index contributed by atoms with van der Waals surface area (Å²) in [6, 6.07) is 0. The van der Waals surface area contributed by atoms with Crippen LogP contribution in [0.5, 0.6) is 0 Å². The fourth-order valence-electron chi connectivity index (χ4n) is 1.22. The minimum Gasteiger partial charge on any atom is -0.391 e. The Morgan fingerprint density at radius 1 is 1.00 bits per heavy atom. The number of rotatable bonds is 4. The van der Waals surface area contributed by atoms with Crippen molar-refractivity contribution in [2.45, 2.75) is 37.6 Å². The van der Waals surface area contributed by atoms with Gasteiger partial charge in [-0.1, -0.05) is 0 Å². The van der Waals surface area contributed by atoms with Gasteiger partial charge in [-0.15, -0.1) is 0 Å². The van der Waals surface area contributed by atoms with E-state index in [1.165, 1.54) is 6.92 Å². The average Bonchev–Trinajstić information content (AvgIpc) is 2.67. The van der Waals surface area contributed by atoms with E-state index in [0.29, 0.717) is 13.2 Å². The lowest BCUT2D eigenvalue weighted by molar-refractivity contribution is -0.185. The predicted molar refractivity (Wildman–Crippen MR) is 45.4 cm³/mol. The Bertz CT molecular complexity index is 161. The van der Waals surface area contributed by atoms with E-state index in [-0.39, 0.29) is 0 Å². The molecule has 4 N–H and O–H groups in total. The van der Waals surface area contributed by atoms with Crippen molar-refractivity contribution in [3.63, 3.8) is 0 Å². The van der Waals surface area contributed by atoms with Gasteiger partial charge in [-0.25, -0.2) is 0 Å². The molecule has 1 heterocycles. The van der Waals surface area contributed by atoms with Crippen LogP contribution in [0.1, 0.15) is 6.92 Å². The summed E-state index contributed by atoms with van der Waals surface area (Å²) >= 11 is 0. The van der Waals surface area contributed by atoms with Gasteiger partial charge in [-0.05, 0) is 6.92 Å². The molecule has 14 heavy (non-hydrogen) atoms. The summed E-state index contributed by atoms with van der Waals surface area (Å²) < 4.78 is 9.88. The van der Waals surface area contributed by atoms with Crippen LogP contribution in [-0.4, -0.2) is 64.3 Å². The molecule has 0 aromatic heterocycles. The molecule has 6 heteroatoms. The molecule has 84 valence electrons. The van der Waals surface area contributed by atoms with E-state index in [4.69, 9.17) is 14.6 Å². The van der Waals surface area contributed by atoms with Crippen molar-refractivity contribution in [3.05, 3.63) is 0 Å². The Morgan fingerprint density at radius 3 is 1.93 bits per heavy atom. The van der Waals surface area contributed by atoms with Crippen LogP contribution in [-0.2, 0) is 9.47 Å². The normalized spacial score (nSPS) is 27.2. The van der Waals surface area contributed by atoms with Crippen molar-refractivity contribution in [1.82, 2.24) is 0 Å². The number of hydrogen-bond acceptors (Lipinski definition) is 6. The Labute approximate surface area is 81.7 Å². The van der Waals surface area contributed by atoms with E-state index < -0.39 is 30.7 Å². The van der Waals surface area contributed by atoms with Gasteiger partial charge in [0, 0.05) is 0 Å². The zero-order valence-corrected chi connectivity index (χ0v) is 7.91. The number of aliphatic hydroxyl groups is 4. The summed E-state index contributed by atoms with van der Waals surface area (Å²) in [5, 5.41) is 37.1.